The van der Waals surface area contributed by atoms with Gasteiger partial charge in [-0.3, -0.25) is 4.79 Å². The van der Waals surface area contributed by atoms with Crippen molar-refractivity contribution in [2.45, 2.75) is 6.54 Å². The van der Waals surface area contributed by atoms with Crippen molar-refractivity contribution >= 4 is 40.5 Å². The molecule has 1 amide bonds. The average molecular weight is 394 g/mol. The standard InChI is InChI=1S/C21H16ClN3O3/c1-28-21(27)16-6-4-8-18-19(16)15(12-24-18)9-14(10-23)20(26)25-11-13-5-2-3-7-17(13)22/h2-9,12,24H,11H2,1H3,(H,25,26)/b14-9+. The number of ether oxygens (including phenoxy) is 1. The molecular weight excluding hydrogens is 378 g/mol. The van der Waals surface area contributed by atoms with Gasteiger partial charge < -0.3 is 15.0 Å². The molecule has 0 fully saturated rings. The predicted molar refractivity (Wildman–Crippen MR) is 107 cm³/mol. The van der Waals surface area contributed by atoms with Crippen molar-refractivity contribution in [3.8, 4) is 6.07 Å². The fourth-order valence-electron chi connectivity index (χ4n) is 2.82. The van der Waals surface area contributed by atoms with Gasteiger partial charge in [0.05, 0.1) is 12.7 Å². The Morgan fingerprint density at radius 1 is 1.25 bits per heavy atom. The topological polar surface area (TPSA) is 95.0 Å². The van der Waals surface area contributed by atoms with Crippen LogP contribution in [-0.2, 0) is 16.1 Å². The number of carbonyl (C=O) groups is 2. The average Bonchev–Trinajstić information content (AvgIpc) is 3.13. The number of amides is 1. The molecular formula is C21H16ClN3O3. The summed E-state index contributed by atoms with van der Waals surface area (Å²) in [6.45, 7) is 0.193. The van der Waals surface area contributed by atoms with Crippen molar-refractivity contribution in [3.05, 3.63) is 75.9 Å². The second-order valence-electron chi connectivity index (χ2n) is 5.91. The molecule has 28 heavy (non-hydrogen) atoms. The molecule has 0 radical (unpaired) electrons. The molecule has 0 atom stereocenters. The summed E-state index contributed by atoms with van der Waals surface area (Å²) < 4.78 is 4.82. The second-order valence-corrected chi connectivity index (χ2v) is 6.31. The Hall–Kier alpha value is -3.56. The first-order valence-corrected chi connectivity index (χ1v) is 8.74. The largest absolute Gasteiger partial charge is 0.465 e. The number of nitrogens with one attached hydrogen (secondary N) is 2. The van der Waals surface area contributed by atoms with Crippen LogP contribution in [0.15, 0.2) is 54.2 Å². The maximum atomic E-state index is 12.4. The number of benzene rings is 2. The molecule has 1 aromatic heterocycles. The smallest absolute Gasteiger partial charge is 0.338 e. The number of hydrogen-bond donors (Lipinski definition) is 2. The van der Waals surface area contributed by atoms with Crippen LogP contribution < -0.4 is 5.32 Å². The molecule has 2 aromatic carbocycles. The Morgan fingerprint density at radius 2 is 2.04 bits per heavy atom. The summed E-state index contributed by atoms with van der Waals surface area (Å²) in [5.74, 6) is -1.03. The van der Waals surface area contributed by atoms with E-state index in [1.807, 2.05) is 12.1 Å². The lowest BCUT2D eigenvalue weighted by Crippen LogP contribution is -2.24. The lowest BCUT2D eigenvalue weighted by atomic mass is 10.0. The highest BCUT2D eigenvalue weighted by Crippen LogP contribution is 2.25. The van der Waals surface area contributed by atoms with Gasteiger partial charge in [-0.05, 0) is 29.8 Å². The summed E-state index contributed by atoms with van der Waals surface area (Å²) in [5, 5.41) is 13.2. The van der Waals surface area contributed by atoms with Crippen LogP contribution >= 0.6 is 11.6 Å². The molecule has 0 saturated carbocycles. The molecule has 140 valence electrons. The van der Waals surface area contributed by atoms with E-state index in [2.05, 4.69) is 10.3 Å². The molecule has 0 aliphatic carbocycles. The Morgan fingerprint density at radius 3 is 2.75 bits per heavy atom. The maximum absolute atomic E-state index is 12.4. The van der Waals surface area contributed by atoms with Crippen LogP contribution in [0.5, 0.6) is 0 Å². The van der Waals surface area contributed by atoms with Gasteiger partial charge in [-0.2, -0.15) is 5.26 Å². The number of methoxy groups -OCH3 is 1. The highest BCUT2D eigenvalue weighted by Gasteiger charge is 2.16. The third kappa shape index (κ3) is 3.90. The van der Waals surface area contributed by atoms with Gasteiger partial charge in [-0.1, -0.05) is 35.9 Å². The number of carbonyl (C=O) groups excluding carboxylic acids is 2. The third-order valence-corrected chi connectivity index (χ3v) is 4.57. The molecule has 3 aromatic rings. The van der Waals surface area contributed by atoms with E-state index in [-0.39, 0.29) is 12.1 Å². The van der Waals surface area contributed by atoms with Crippen molar-refractivity contribution in [1.29, 1.82) is 5.26 Å². The molecule has 0 aliphatic rings. The van der Waals surface area contributed by atoms with Crippen LogP contribution in [0.25, 0.3) is 17.0 Å². The number of nitriles is 1. The van der Waals surface area contributed by atoms with Crippen LogP contribution in [0.4, 0.5) is 0 Å². The van der Waals surface area contributed by atoms with Crippen molar-refractivity contribution in [2.24, 2.45) is 0 Å². The Balaban J connectivity index is 1.90. The quantitative estimate of drug-likeness (QED) is 0.391. The van der Waals surface area contributed by atoms with Gasteiger partial charge in [0, 0.05) is 34.2 Å². The molecule has 1 heterocycles. The number of halogens is 1. The van der Waals surface area contributed by atoms with Crippen LogP contribution in [0, 0.1) is 11.3 Å². The molecule has 7 heteroatoms. The first-order valence-electron chi connectivity index (χ1n) is 8.37. The van der Waals surface area contributed by atoms with Gasteiger partial charge in [0.25, 0.3) is 5.91 Å². The Bertz CT molecular complexity index is 1130. The van der Waals surface area contributed by atoms with E-state index in [0.717, 1.165) is 5.56 Å². The number of fused-ring (bicyclic) bond motifs is 1. The lowest BCUT2D eigenvalue weighted by molar-refractivity contribution is -0.117. The van der Waals surface area contributed by atoms with Crippen molar-refractivity contribution in [3.63, 3.8) is 0 Å². The Labute approximate surface area is 166 Å². The number of aromatic amines is 1. The third-order valence-electron chi connectivity index (χ3n) is 4.20. The second kappa shape index (κ2) is 8.42. The van der Waals surface area contributed by atoms with E-state index >= 15 is 0 Å². The monoisotopic (exact) mass is 393 g/mol. The van der Waals surface area contributed by atoms with Crippen LogP contribution in [0.2, 0.25) is 5.02 Å². The van der Waals surface area contributed by atoms with Gasteiger partial charge in [0.15, 0.2) is 0 Å². The first kappa shape index (κ1) is 19.2. The number of H-pyrrole nitrogens is 1. The van der Waals surface area contributed by atoms with Gasteiger partial charge >= 0.3 is 5.97 Å². The number of nitrogens with zero attached hydrogens (tertiary/aromatic N) is 1. The lowest BCUT2D eigenvalue weighted by Gasteiger charge is -2.06. The summed E-state index contributed by atoms with van der Waals surface area (Å²) in [7, 11) is 1.30. The van der Waals surface area contributed by atoms with Crippen LogP contribution in [0.3, 0.4) is 0 Å². The molecule has 0 spiro atoms. The molecule has 2 N–H and O–H groups in total. The van der Waals surface area contributed by atoms with Crippen LogP contribution in [0.1, 0.15) is 21.5 Å². The van der Waals surface area contributed by atoms with Crippen molar-refractivity contribution < 1.29 is 14.3 Å². The molecule has 3 rings (SSSR count). The van der Waals surface area contributed by atoms with Crippen molar-refractivity contribution in [1.82, 2.24) is 10.3 Å². The molecule has 0 bridgehead atoms. The van der Waals surface area contributed by atoms with E-state index < -0.39 is 11.9 Å². The normalized spacial score (nSPS) is 11.1. The zero-order chi connectivity index (χ0) is 20.1. The van der Waals surface area contributed by atoms with E-state index in [4.69, 9.17) is 16.3 Å². The predicted octanol–water partition coefficient (Wildman–Crippen LogP) is 3.83. The highest BCUT2D eigenvalue weighted by molar-refractivity contribution is 6.31. The van der Waals surface area contributed by atoms with Crippen LogP contribution in [-0.4, -0.2) is 24.0 Å². The summed E-state index contributed by atoms with van der Waals surface area (Å²) in [5.41, 5.74) is 2.24. The molecule has 0 saturated heterocycles. The summed E-state index contributed by atoms with van der Waals surface area (Å²) in [6, 6.07) is 14.2. The van der Waals surface area contributed by atoms with E-state index in [0.29, 0.717) is 27.1 Å². The minimum absolute atomic E-state index is 0.0902. The summed E-state index contributed by atoms with van der Waals surface area (Å²) >= 11 is 6.08. The fourth-order valence-corrected chi connectivity index (χ4v) is 3.02. The zero-order valence-corrected chi connectivity index (χ0v) is 15.7. The van der Waals surface area contributed by atoms with E-state index in [1.165, 1.54) is 13.2 Å². The summed E-state index contributed by atoms with van der Waals surface area (Å²) in [6.07, 6.45) is 3.07. The molecule has 6 nitrogen and oxygen atoms in total. The maximum Gasteiger partial charge on any atom is 0.338 e. The molecule has 0 unspecified atom stereocenters. The van der Waals surface area contributed by atoms with Gasteiger partial charge in [-0.15, -0.1) is 0 Å². The summed E-state index contributed by atoms with van der Waals surface area (Å²) in [4.78, 5) is 27.5. The minimum Gasteiger partial charge on any atom is -0.465 e. The molecule has 0 aliphatic heterocycles. The highest BCUT2D eigenvalue weighted by atomic mass is 35.5. The van der Waals surface area contributed by atoms with Gasteiger partial charge in [-0.25, -0.2) is 4.79 Å². The van der Waals surface area contributed by atoms with Gasteiger partial charge in [0.1, 0.15) is 11.6 Å². The zero-order valence-electron chi connectivity index (χ0n) is 15.0. The first-order chi connectivity index (χ1) is 13.5. The Kier molecular flexibility index (Phi) is 5.78. The SMILES string of the molecule is COC(=O)c1cccc2[nH]cc(/C=C(\C#N)C(=O)NCc3ccccc3Cl)c12. The fraction of sp³-hybridized carbons (Fsp3) is 0.0952. The minimum atomic E-state index is -0.535. The number of esters is 1. The van der Waals surface area contributed by atoms with Crippen molar-refractivity contribution in [2.75, 3.05) is 7.11 Å². The van der Waals surface area contributed by atoms with E-state index in [9.17, 15) is 14.9 Å². The van der Waals surface area contributed by atoms with E-state index in [1.54, 1.807) is 42.6 Å². The number of rotatable bonds is 5. The number of aromatic nitrogens is 1. The van der Waals surface area contributed by atoms with Gasteiger partial charge in [0.2, 0.25) is 0 Å². The number of hydrogen-bond acceptors (Lipinski definition) is 4.